The van der Waals surface area contributed by atoms with Gasteiger partial charge in [0.2, 0.25) is 5.91 Å². The van der Waals surface area contributed by atoms with Crippen molar-refractivity contribution in [2.75, 3.05) is 46.4 Å². The molecule has 2 aliphatic rings. The number of nitrogens with zero attached hydrogens (tertiary/aromatic N) is 2. The number of rotatable bonds is 8. The van der Waals surface area contributed by atoms with Crippen molar-refractivity contribution in [1.29, 1.82) is 0 Å². The molecule has 1 N–H and O–H groups in total. The van der Waals surface area contributed by atoms with Gasteiger partial charge in [-0.1, -0.05) is 47.5 Å². The lowest BCUT2D eigenvalue weighted by Crippen LogP contribution is -2.56. The van der Waals surface area contributed by atoms with E-state index < -0.39 is 0 Å². The molecule has 2 aliphatic heterocycles. The zero-order valence-corrected chi connectivity index (χ0v) is 23.9. The van der Waals surface area contributed by atoms with Crippen LogP contribution >= 0.6 is 48.0 Å². The minimum Gasteiger partial charge on any atom is -0.385 e. The van der Waals surface area contributed by atoms with Gasteiger partial charge in [-0.3, -0.25) is 9.69 Å². The van der Waals surface area contributed by atoms with Gasteiger partial charge in [0.25, 0.3) is 0 Å². The van der Waals surface area contributed by atoms with Gasteiger partial charge in [0.05, 0.1) is 6.04 Å². The van der Waals surface area contributed by atoms with E-state index in [1.165, 1.54) is 11.1 Å². The molecular formula is C27H37Cl4N3O2. The van der Waals surface area contributed by atoms with Crippen molar-refractivity contribution in [2.24, 2.45) is 5.92 Å². The molecule has 0 aliphatic carbocycles. The molecule has 9 heteroatoms. The lowest BCUT2D eigenvalue weighted by molar-refractivity contribution is -0.138. The van der Waals surface area contributed by atoms with Gasteiger partial charge in [-0.2, -0.15) is 0 Å². The zero-order chi connectivity index (χ0) is 23.9. The number of nitrogens with one attached hydrogen (secondary N) is 1. The van der Waals surface area contributed by atoms with Crippen LogP contribution in [0.4, 0.5) is 0 Å². The molecule has 200 valence electrons. The van der Waals surface area contributed by atoms with Gasteiger partial charge >= 0.3 is 0 Å². The van der Waals surface area contributed by atoms with E-state index in [0.717, 1.165) is 62.0 Å². The molecule has 2 saturated heterocycles. The van der Waals surface area contributed by atoms with Gasteiger partial charge in [0.1, 0.15) is 0 Å². The van der Waals surface area contributed by atoms with Crippen LogP contribution in [0.1, 0.15) is 42.9 Å². The maximum Gasteiger partial charge on any atom is 0.223 e. The molecule has 5 nitrogen and oxygen atoms in total. The highest BCUT2D eigenvalue weighted by atomic mass is 35.5. The number of carbonyl (C=O) groups excluding carboxylic acids is 1. The van der Waals surface area contributed by atoms with Crippen molar-refractivity contribution in [2.45, 2.75) is 37.8 Å². The standard InChI is InChI=1S/C27H35Cl2N3O2.2ClH/c1-34-17-12-25-19-31(15-16-32(25)26(33)18-20-10-13-30-14-11-20)27(21-2-6-23(28)7-3-21)22-4-8-24(29)9-5-22;;/h2-9,20,25,27,30H,10-19H2,1H3;2*1H/t25-;;/m0../s1. The molecular weight excluding hydrogens is 540 g/mol. The summed E-state index contributed by atoms with van der Waals surface area (Å²) in [6, 6.07) is 16.4. The second-order valence-electron chi connectivity index (χ2n) is 9.42. The topological polar surface area (TPSA) is 44.8 Å². The minimum atomic E-state index is 0. The molecule has 0 bridgehead atoms. The maximum atomic E-state index is 13.3. The average Bonchev–Trinajstić information content (AvgIpc) is 2.86. The molecule has 1 atom stereocenters. The Labute approximate surface area is 237 Å². The van der Waals surface area contributed by atoms with Crippen molar-refractivity contribution >= 4 is 53.9 Å². The predicted octanol–water partition coefficient (Wildman–Crippen LogP) is 5.87. The van der Waals surface area contributed by atoms with Crippen LogP contribution in [0.15, 0.2) is 48.5 Å². The summed E-state index contributed by atoms with van der Waals surface area (Å²) in [5, 5.41) is 4.85. The van der Waals surface area contributed by atoms with E-state index in [1.807, 2.05) is 24.3 Å². The maximum absolute atomic E-state index is 13.3. The number of methoxy groups -OCH3 is 1. The second-order valence-corrected chi connectivity index (χ2v) is 10.3. The zero-order valence-electron chi connectivity index (χ0n) is 20.7. The number of piperidine rings is 1. The summed E-state index contributed by atoms with van der Waals surface area (Å²) >= 11 is 12.4. The summed E-state index contributed by atoms with van der Waals surface area (Å²) in [5.74, 6) is 0.785. The quantitative estimate of drug-likeness (QED) is 0.427. The summed E-state index contributed by atoms with van der Waals surface area (Å²) in [6.45, 7) is 5.03. The number of benzene rings is 2. The highest BCUT2D eigenvalue weighted by molar-refractivity contribution is 6.30. The number of carbonyl (C=O) groups is 1. The molecule has 2 fully saturated rings. The van der Waals surface area contributed by atoms with Crippen molar-refractivity contribution in [1.82, 2.24) is 15.1 Å². The van der Waals surface area contributed by atoms with Crippen LogP contribution in [0.5, 0.6) is 0 Å². The summed E-state index contributed by atoms with van der Waals surface area (Å²) < 4.78 is 5.42. The Morgan fingerprint density at radius 2 is 1.53 bits per heavy atom. The Kier molecular flexibility index (Phi) is 13.3. The Morgan fingerprint density at radius 1 is 0.972 bits per heavy atom. The molecule has 0 aromatic heterocycles. The van der Waals surface area contributed by atoms with Crippen molar-refractivity contribution < 1.29 is 9.53 Å². The molecule has 0 unspecified atom stereocenters. The van der Waals surface area contributed by atoms with Gasteiger partial charge in [-0.05, 0) is 73.7 Å². The lowest BCUT2D eigenvalue weighted by Gasteiger charge is -2.45. The van der Waals surface area contributed by atoms with Crippen LogP contribution < -0.4 is 5.32 Å². The Morgan fingerprint density at radius 3 is 2.06 bits per heavy atom. The smallest absolute Gasteiger partial charge is 0.223 e. The van der Waals surface area contributed by atoms with Gasteiger partial charge in [-0.15, -0.1) is 24.8 Å². The van der Waals surface area contributed by atoms with Crippen LogP contribution in [-0.4, -0.2) is 68.2 Å². The van der Waals surface area contributed by atoms with Crippen LogP contribution in [0.3, 0.4) is 0 Å². The molecule has 4 rings (SSSR count). The van der Waals surface area contributed by atoms with Crippen molar-refractivity contribution in [3.05, 3.63) is 69.7 Å². The molecule has 1 amide bonds. The molecule has 2 aromatic carbocycles. The fraction of sp³-hybridized carbons (Fsp3) is 0.519. The SMILES string of the molecule is COCC[C@H]1CN(C(c2ccc(Cl)cc2)c2ccc(Cl)cc2)CCN1C(=O)CC1CCNCC1.Cl.Cl. The van der Waals surface area contributed by atoms with Crippen LogP contribution in [0, 0.1) is 5.92 Å². The molecule has 2 aromatic rings. The number of halogens is 4. The van der Waals surface area contributed by atoms with Crippen LogP contribution in [0.2, 0.25) is 10.0 Å². The summed E-state index contributed by atoms with van der Waals surface area (Å²) in [7, 11) is 1.73. The van der Waals surface area contributed by atoms with E-state index in [0.29, 0.717) is 24.9 Å². The van der Waals surface area contributed by atoms with Crippen molar-refractivity contribution in [3.8, 4) is 0 Å². The molecule has 2 heterocycles. The van der Waals surface area contributed by atoms with Gasteiger partial charge in [-0.25, -0.2) is 0 Å². The van der Waals surface area contributed by atoms with E-state index in [-0.39, 0.29) is 36.9 Å². The van der Waals surface area contributed by atoms with E-state index in [2.05, 4.69) is 39.4 Å². The molecule has 0 saturated carbocycles. The third-order valence-corrected chi connectivity index (χ3v) is 7.65. The summed E-state index contributed by atoms with van der Waals surface area (Å²) in [5.41, 5.74) is 2.37. The minimum absolute atomic E-state index is 0. The first-order chi connectivity index (χ1) is 16.5. The summed E-state index contributed by atoms with van der Waals surface area (Å²) in [6.07, 6.45) is 3.66. The first-order valence-electron chi connectivity index (χ1n) is 12.3. The fourth-order valence-corrected chi connectivity index (χ4v) is 5.55. The number of hydrogen-bond acceptors (Lipinski definition) is 4. The fourth-order valence-electron chi connectivity index (χ4n) is 5.30. The number of hydrogen-bond donors (Lipinski definition) is 1. The number of ether oxygens (including phenoxy) is 1. The Hall–Kier alpha value is -1.05. The Bertz CT molecular complexity index is 878. The van der Waals surface area contributed by atoms with Crippen LogP contribution in [-0.2, 0) is 9.53 Å². The van der Waals surface area contributed by atoms with Gasteiger partial charge in [0, 0.05) is 55.9 Å². The van der Waals surface area contributed by atoms with Gasteiger partial charge < -0.3 is 15.0 Å². The van der Waals surface area contributed by atoms with Crippen LogP contribution in [0.25, 0.3) is 0 Å². The largest absolute Gasteiger partial charge is 0.385 e. The normalized spacial score (nSPS) is 19.0. The predicted molar refractivity (Wildman–Crippen MR) is 153 cm³/mol. The van der Waals surface area contributed by atoms with E-state index in [1.54, 1.807) is 7.11 Å². The lowest BCUT2D eigenvalue weighted by atomic mass is 9.92. The summed E-state index contributed by atoms with van der Waals surface area (Å²) in [4.78, 5) is 18.0. The third-order valence-electron chi connectivity index (χ3n) is 7.15. The number of piperazine rings is 1. The first kappa shape index (κ1) is 31.2. The number of amides is 1. The third kappa shape index (κ3) is 8.22. The first-order valence-corrected chi connectivity index (χ1v) is 13.0. The van der Waals surface area contributed by atoms with E-state index >= 15 is 0 Å². The molecule has 0 radical (unpaired) electrons. The Balaban J connectivity index is 0.00000228. The van der Waals surface area contributed by atoms with E-state index in [9.17, 15) is 4.79 Å². The molecule has 36 heavy (non-hydrogen) atoms. The highest BCUT2D eigenvalue weighted by Crippen LogP contribution is 2.33. The molecule has 0 spiro atoms. The highest BCUT2D eigenvalue weighted by Gasteiger charge is 2.35. The van der Waals surface area contributed by atoms with Crippen molar-refractivity contribution in [3.63, 3.8) is 0 Å². The monoisotopic (exact) mass is 575 g/mol. The average molecular weight is 577 g/mol. The van der Waals surface area contributed by atoms with E-state index in [4.69, 9.17) is 27.9 Å². The second kappa shape index (κ2) is 15.4. The van der Waals surface area contributed by atoms with Gasteiger partial charge in [0.15, 0.2) is 0 Å².